The van der Waals surface area contributed by atoms with Crippen LogP contribution in [0, 0.1) is 0 Å². The molecular weight excluding hydrogens is 306 g/mol. The van der Waals surface area contributed by atoms with Gasteiger partial charge < -0.3 is 15.0 Å². The first-order valence-electron chi connectivity index (χ1n) is 8.59. The van der Waals surface area contributed by atoms with Crippen LogP contribution in [0.25, 0.3) is 0 Å². The number of carbonyl (C=O) groups is 1. The lowest BCUT2D eigenvalue weighted by Crippen LogP contribution is -2.35. The largest absolute Gasteiger partial charge is 0.381 e. The van der Waals surface area contributed by atoms with Gasteiger partial charge in [-0.3, -0.25) is 4.79 Å². The molecule has 2 fully saturated rings. The van der Waals surface area contributed by atoms with Crippen molar-refractivity contribution in [1.82, 2.24) is 24.9 Å². The van der Waals surface area contributed by atoms with E-state index in [0.29, 0.717) is 24.6 Å². The summed E-state index contributed by atoms with van der Waals surface area (Å²) in [4.78, 5) is 17.8. The van der Waals surface area contributed by atoms with E-state index >= 15 is 0 Å². The molecule has 2 aliphatic rings. The van der Waals surface area contributed by atoms with Crippen LogP contribution in [-0.2, 0) is 5.60 Å². The number of aromatic amines is 1. The smallest absolute Gasteiger partial charge is 0.255 e. The molecule has 128 valence electrons. The molecule has 1 saturated carbocycles. The Morgan fingerprint density at radius 3 is 2.92 bits per heavy atom. The molecule has 2 aromatic rings. The van der Waals surface area contributed by atoms with Gasteiger partial charge >= 0.3 is 0 Å². The minimum absolute atomic E-state index is 0.00896. The molecule has 1 aliphatic heterocycles. The molecule has 0 spiro atoms. The van der Waals surface area contributed by atoms with Crippen LogP contribution >= 0.6 is 0 Å². The maximum atomic E-state index is 12.8. The van der Waals surface area contributed by atoms with Crippen molar-refractivity contribution in [3.8, 4) is 0 Å². The Morgan fingerprint density at radius 2 is 2.25 bits per heavy atom. The summed E-state index contributed by atoms with van der Waals surface area (Å²) in [6.07, 6.45) is 6.38. The van der Waals surface area contributed by atoms with Crippen LogP contribution in [0.4, 0.5) is 0 Å². The molecule has 2 aromatic heterocycles. The number of H-pyrrole nitrogens is 1. The predicted molar refractivity (Wildman–Crippen MR) is 87.6 cm³/mol. The van der Waals surface area contributed by atoms with E-state index in [9.17, 15) is 9.90 Å². The molecule has 4 rings (SSSR count). The monoisotopic (exact) mass is 329 g/mol. The summed E-state index contributed by atoms with van der Waals surface area (Å²) in [5.74, 6) is 0.483. The van der Waals surface area contributed by atoms with Gasteiger partial charge in [0.2, 0.25) is 0 Å². The third-order valence-corrected chi connectivity index (χ3v) is 5.05. The highest BCUT2D eigenvalue weighted by atomic mass is 16.3. The summed E-state index contributed by atoms with van der Waals surface area (Å²) in [5.41, 5.74) is 1.22. The number of hydrogen-bond donors (Lipinski definition) is 2. The van der Waals surface area contributed by atoms with E-state index in [1.165, 1.54) is 0 Å². The van der Waals surface area contributed by atoms with E-state index in [-0.39, 0.29) is 18.5 Å². The summed E-state index contributed by atoms with van der Waals surface area (Å²) < 4.78 is 1.73. The van der Waals surface area contributed by atoms with Gasteiger partial charge in [-0.15, -0.1) is 5.10 Å². The number of nitrogens with zero attached hydrogens (tertiary/aromatic N) is 4. The van der Waals surface area contributed by atoms with Crippen LogP contribution in [0.2, 0.25) is 0 Å². The number of β-amino-alcohol motifs (C(OH)–C–C–N with tert-alkyl or cyclic N) is 1. The van der Waals surface area contributed by atoms with Crippen molar-refractivity contribution in [1.29, 1.82) is 0 Å². The molecular formula is C17H23N5O2. The summed E-state index contributed by atoms with van der Waals surface area (Å²) >= 11 is 0. The summed E-state index contributed by atoms with van der Waals surface area (Å²) in [6, 6.07) is 2.04. The van der Waals surface area contributed by atoms with E-state index in [0.717, 1.165) is 24.1 Å². The number of hydrogen-bond acceptors (Lipinski definition) is 4. The molecule has 1 atom stereocenters. The number of nitrogens with one attached hydrogen (secondary N) is 1. The number of rotatable bonds is 4. The number of carbonyl (C=O) groups excluding carboxylic acids is 1. The molecule has 1 saturated heterocycles. The van der Waals surface area contributed by atoms with Crippen LogP contribution < -0.4 is 0 Å². The molecule has 7 nitrogen and oxygen atoms in total. The lowest BCUT2D eigenvalue weighted by atomic mass is 10.00. The van der Waals surface area contributed by atoms with Crippen LogP contribution in [0.3, 0.4) is 0 Å². The first-order valence-corrected chi connectivity index (χ1v) is 8.59. The Labute approximate surface area is 140 Å². The van der Waals surface area contributed by atoms with E-state index in [4.69, 9.17) is 0 Å². The van der Waals surface area contributed by atoms with Crippen LogP contribution in [0.1, 0.15) is 66.8 Å². The summed E-state index contributed by atoms with van der Waals surface area (Å²) in [5, 5.41) is 19.1. The van der Waals surface area contributed by atoms with Crippen molar-refractivity contribution >= 4 is 5.91 Å². The Bertz CT molecular complexity index is 761. The van der Waals surface area contributed by atoms with Crippen molar-refractivity contribution < 1.29 is 9.90 Å². The fraction of sp³-hybridized carbons (Fsp3) is 0.588. The second kappa shape index (κ2) is 5.44. The molecule has 0 radical (unpaired) electrons. The van der Waals surface area contributed by atoms with Crippen LogP contribution in [-0.4, -0.2) is 49.0 Å². The lowest BCUT2D eigenvalue weighted by Gasteiger charge is -2.21. The first-order chi connectivity index (χ1) is 11.5. The highest BCUT2D eigenvalue weighted by Gasteiger charge is 2.43. The van der Waals surface area contributed by atoms with E-state index in [1.54, 1.807) is 15.8 Å². The second-order valence-corrected chi connectivity index (χ2v) is 7.27. The molecule has 7 heteroatoms. The Balaban J connectivity index is 1.52. The van der Waals surface area contributed by atoms with Gasteiger partial charge in [-0.05, 0) is 38.7 Å². The maximum Gasteiger partial charge on any atom is 0.255 e. The Morgan fingerprint density at radius 1 is 1.46 bits per heavy atom. The lowest BCUT2D eigenvalue weighted by molar-refractivity contribution is 0.0381. The van der Waals surface area contributed by atoms with Crippen LogP contribution in [0.5, 0.6) is 0 Å². The topological polar surface area (TPSA) is 87.0 Å². The number of likely N-dealkylation sites (tertiary alicyclic amines) is 1. The molecule has 2 N–H and O–H groups in total. The quantitative estimate of drug-likeness (QED) is 0.895. The SMILES string of the molecule is CC(C)n1cc(C2(O)CCN(C(=O)c3cc[nH]c3C3CC3)C2)nn1. The summed E-state index contributed by atoms with van der Waals surface area (Å²) in [7, 11) is 0. The number of amides is 1. The molecule has 1 unspecified atom stereocenters. The molecule has 0 aromatic carbocycles. The zero-order valence-corrected chi connectivity index (χ0v) is 14.1. The van der Waals surface area contributed by atoms with Gasteiger partial charge in [-0.2, -0.15) is 0 Å². The molecule has 24 heavy (non-hydrogen) atoms. The fourth-order valence-corrected chi connectivity index (χ4v) is 3.37. The van der Waals surface area contributed by atoms with E-state index in [1.807, 2.05) is 26.1 Å². The van der Waals surface area contributed by atoms with Gasteiger partial charge in [0, 0.05) is 30.9 Å². The first kappa shape index (κ1) is 15.4. The Kier molecular flexibility index (Phi) is 3.49. The zero-order chi connectivity index (χ0) is 16.9. The van der Waals surface area contributed by atoms with Crippen molar-refractivity contribution in [3.05, 3.63) is 35.4 Å². The van der Waals surface area contributed by atoms with E-state index in [2.05, 4.69) is 15.3 Å². The average molecular weight is 329 g/mol. The minimum Gasteiger partial charge on any atom is -0.381 e. The van der Waals surface area contributed by atoms with Crippen molar-refractivity contribution in [2.75, 3.05) is 13.1 Å². The van der Waals surface area contributed by atoms with Crippen molar-refractivity contribution in [2.24, 2.45) is 0 Å². The molecule has 1 aliphatic carbocycles. The average Bonchev–Trinajstić information content (AvgIpc) is 2.99. The molecule has 3 heterocycles. The molecule has 1 amide bonds. The van der Waals surface area contributed by atoms with E-state index < -0.39 is 5.60 Å². The van der Waals surface area contributed by atoms with Gasteiger partial charge in [0.25, 0.3) is 5.91 Å². The molecule has 0 bridgehead atoms. The highest BCUT2D eigenvalue weighted by molar-refractivity contribution is 5.96. The van der Waals surface area contributed by atoms with Gasteiger partial charge in [0.05, 0.1) is 18.3 Å². The summed E-state index contributed by atoms with van der Waals surface area (Å²) in [6.45, 7) is 4.81. The van der Waals surface area contributed by atoms with Gasteiger partial charge in [0.1, 0.15) is 11.3 Å². The standard InChI is InChI=1S/C17H23N5O2/c1-11(2)22-9-14(19-20-22)17(24)6-8-21(10-17)16(23)13-5-7-18-15(13)12-3-4-12/h5,7,9,11-12,18,24H,3-4,6,8,10H2,1-2H3. The predicted octanol–water partition coefficient (Wildman–Crippen LogP) is 1.80. The Hall–Kier alpha value is -2.15. The van der Waals surface area contributed by atoms with Crippen LogP contribution in [0.15, 0.2) is 18.5 Å². The maximum absolute atomic E-state index is 12.8. The van der Waals surface area contributed by atoms with Gasteiger partial charge in [0.15, 0.2) is 0 Å². The van der Waals surface area contributed by atoms with Crippen molar-refractivity contribution in [2.45, 2.75) is 50.7 Å². The number of aromatic nitrogens is 4. The third-order valence-electron chi connectivity index (χ3n) is 5.05. The van der Waals surface area contributed by atoms with Crippen molar-refractivity contribution in [3.63, 3.8) is 0 Å². The van der Waals surface area contributed by atoms with Gasteiger partial charge in [-0.1, -0.05) is 5.21 Å². The normalized spacial score (nSPS) is 24.1. The fourth-order valence-electron chi connectivity index (χ4n) is 3.37. The zero-order valence-electron chi connectivity index (χ0n) is 14.1. The third kappa shape index (κ3) is 2.53. The van der Waals surface area contributed by atoms with Gasteiger partial charge in [-0.25, -0.2) is 4.68 Å². The second-order valence-electron chi connectivity index (χ2n) is 7.27. The number of aliphatic hydroxyl groups is 1. The minimum atomic E-state index is -1.11. The highest BCUT2D eigenvalue weighted by Crippen LogP contribution is 2.41.